The van der Waals surface area contributed by atoms with Crippen molar-refractivity contribution in [3.05, 3.63) is 47.5 Å². The summed E-state index contributed by atoms with van der Waals surface area (Å²) in [6.45, 7) is 2.22. The smallest absolute Gasteiger partial charge is 0.264 e. The molecule has 1 heterocycles. The molecule has 0 unspecified atom stereocenters. The van der Waals surface area contributed by atoms with Gasteiger partial charge < -0.3 is 15.0 Å². The number of halogens is 1. The van der Waals surface area contributed by atoms with Crippen LogP contribution in [0.5, 0.6) is 0 Å². The molecule has 2 aromatic carbocycles. The van der Waals surface area contributed by atoms with Gasteiger partial charge in [0.1, 0.15) is 4.90 Å². The van der Waals surface area contributed by atoms with E-state index in [1.54, 1.807) is 36.4 Å². The summed E-state index contributed by atoms with van der Waals surface area (Å²) in [5.74, 6) is 0.527. The van der Waals surface area contributed by atoms with E-state index in [0.29, 0.717) is 60.7 Å². The Morgan fingerprint density at radius 1 is 1.09 bits per heavy atom. The van der Waals surface area contributed by atoms with Gasteiger partial charge >= 0.3 is 0 Å². The highest BCUT2D eigenvalue weighted by molar-refractivity contribution is 7.93. The number of carbonyl (C=O) groups excluding carboxylic acids is 1. The zero-order chi connectivity index (χ0) is 23.3. The maximum absolute atomic E-state index is 13.4. The van der Waals surface area contributed by atoms with Gasteiger partial charge in [-0.05, 0) is 42.7 Å². The van der Waals surface area contributed by atoms with E-state index in [9.17, 15) is 13.2 Å². The third kappa shape index (κ3) is 6.19. The van der Waals surface area contributed by atoms with Crippen LogP contribution in [0.1, 0.15) is 38.5 Å². The molecule has 1 amide bonds. The Morgan fingerprint density at radius 3 is 2.55 bits per heavy atom. The summed E-state index contributed by atoms with van der Waals surface area (Å²) in [6.07, 6.45) is 6.19. The van der Waals surface area contributed by atoms with Crippen LogP contribution >= 0.6 is 11.6 Å². The third-order valence-electron chi connectivity index (χ3n) is 6.26. The molecule has 0 spiro atoms. The monoisotopic (exact) mass is 491 g/mol. The number of nitrogens with one attached hydrogen (secondary N) is 2. The predicted molar refractivity (Wildman–Crippen MR) is 132 cm³/mol. The molecule has 1 aliphatic carbocycles. The van der Waals surface area contributed by atoms with Crippen LogP contribution in [-0.4, -0.2) is 40.6 Å². The molecule has 0 bridgehead atoms. The SMILES string of the molecule is O=C(CCC1CCCC1)Nc1ccc(N2CCOCC2)c(S(=O)(=O)Nc2ccccc2Cl)c1. The number of sulfonamides is 1. The second kappa shape index (κ2) is 10.8. The average molecular weight is 492 g/mol. The summed E-state index contributed by atoms with van der Waals surface area (Å²) < 4.78 is 34.8. The van der Waals surface area contributed by atoms with Crippen molar-refractivity contribution in [1.29, 1.82) is 0 Å². The number of ether oxygens (including phenoxy) is 1. The highest BCUT2D eigenvalue weighted by Gasteiger charge is 2.25. The second-order valence-electron chi connectivity index (χ2n) is 8.60. The number of para-hydroxylation sites is 1. The summed E-state index contributed by atoms with van der Waals surface area (Å²) >= 11 is 6.18. The summed E-state index contributed by atoms with van der Waals surface area (Å²) in [6, 6.07) is 11.7. The van der Waals surface area contributed by atoms with E-state index in [1.807, 2.05) is 4.90 Å². The Balaban J connectivity index is 1.57. The summed E-state index contributed by atoms with van der Waals surface area (Å²) in [5.41, 5.74) is 1.34. The molecule has 1 aliphatic heterocycles. The van der Waals surface area contributed by atoms with Crippen molar-refractivity contribution in [2.24, 2.45) is 5.92 Å². The number of morpholine rings is 1. The largest absolute Gasteiger partial charge is 0.378 e. The molecule has 0 radical (unpaired) electrons. The predicted octanol–water partition coefficient (Wildman–Crippen LogP) is 4.89. The molecule has 1 saturated carbocycles. The van der Waals surface area contributed by atoms with Crippen LogP contribution in [0.25, 0.3) is 0 Å². The highest BCUT2D eigenvalue weighted by atomic mass is 35.5. The van der Waals surface area contributed by atoms with Gasteiger partial charge in [0.05, 0.1) is 29.6 Å². The Hall–Kier alpha value is -2.29. The highest BCUT2D eigenvalue weighted by Crippen LogP contribution is 2.33. The fraction of sp³-hybridized carbons (Fsp3) is 0.458. The zero-order valence-corrected chi connectivity index (χ0v) is 20.1. The fourth-order valence-electron chi connectivity index (χ4n) is 4.47. The number of carbonyl (C=O) groups is 1. The van der Waals surface area contributed by atoms with E-state index in [1.165, 1.54) is 31.7 Å². The minimum absolute atomic E-state index is 0.0940. The van der Waals surface area contributed by atoms with Gasteiger partial charge in [0.15, 0.2) is 0 Å². The Morgan fingerprint density at radius 2 is 1.82 bits per heavy atom. The van der Waals surface area contributed by atoms with E-state index in [-0.39, 0.29) is 10.8 Å². The normalized spacial score (nSPS) is 17.2. The molecule has 2 aliphatic rings. The molecule has 4 rings (SSSR count). The van der Waals surface area contributed by atoms with Gasteiger partial charge in [-0.25, -0.2) is 8.42 Å². The summed E-state index contributed by atoms with van der Waals surface area (Å²) in [5, 5.41) is 3.19. The maximum atomic E-state index is 13.4. The van der Waals surface area contributed by atoms with Crippen LogP contribution in [0.2, 0.25) is 5.02 Å². The summed E-state index contributed by atoms with van der Waals surface area (Å²) in [4.78, 5) is 14.6. The van der Waals surface area contributed by atoms with Crippen LogP contribution in [0.4, 0.5) is 17.1 Å². The van der Waals surface area contributed by atoms with Crippen molar-refractivity contribution < 1.29 is 17.9 Å². The molecule has 2 aromatic rings. The van der Waals surface area contributed by atoms with Crippen molar-refractivity contribution in [3.63, 3.8) is 0 Å². The van der Waals surface area contributed by atoms with E-state index >= 15 is 0 Å². The molecule has 2 fully saturated rings. The van der Waals surface area contributed by atoms with Gasteiger partial charge in [-0.15, -0.1) is 0 Å². The van der Waals surface area contributed by atoms with Crippen molar-refractivity contribution in [3.8, 4) is 0 Å². The molecular formula is C24H30ClN3O4S. The van der Waals surface area contributed by atoms with Gasteiger partial charge in [-0.2, -0.15) is 0 Å². The molecule has 9 heteroatoms. The lowest BCUT2D eigenvalue weighted by atomic mass is 10.0. The number of hydrogen-bond donors (Lipinski definition) is 2. The number of benzene rings is 2. The van der Waals surface area contributed by atoms with E-state index < -0.39 is 10.0 Å². The minimum Gasteiger partial charge on any atom is -0.378 e. The van der Waals surface area contributed by atoms with E-state index in [4.69, 9.17) is 16.3 Å². The first-order valence-electron chi connectivity index (χ1n) is 11.5. The topological polar surface area (TPSA) is 87.7 Å². The first-order valence-corrected chi connectivity index (χ1v) is 13.3. The van der Waals surface area contributed by atoms with Crippen LogP contribution in [0.15, 0.2) is 47.4 Å². The number of hydrogen-bond acceptors (Lipinski definition) is 5. The van der Waals surface area contributed by atoms with Crippen molar-refractivity contribution >= 4 is 44.6 Å². The van der Waals surface area contributed by atoms with E-state index in [0.717, 1.165) is 6.42 Å². The van der Waals surface area contributed by atoms with Crippen LogP contribution in [-0.2, 0) is 19.6 Å². The Labute approximate surface area is 200 Å². The lowest BCUT2D eigenvalue weighted by molar-refractivity contribution is -0.116. The molecule has 7 nitrogen and oxygen atoms in total. The lowest BCUT2D eigenvalue weighted by Crippen LogP contribution is -2.37. The standard InChI is InChI=1S/C24H30ClN3O4S/c25-20-7-3-4-8-21(20)27-33(30,31)23-17-19(10-11-22(23)28-13-15-32-16-14-28)26-24(29)12-9-18-5-1-2-6-18/h3-4,7-8,10-11,17-18,27H,1-2,5-6,9,12-16H2,(H,26,29). The first-order chi connectivity index (χ1) is 15.9. The average Bonchev–Trinajstić information content (AvgIpc) is 3.33. The van der Waals surface area contributed by atoms with Gasteiger partial charge in [0, 0.05) is 25.2 Å². The Kier molecular flexibility index (Phi) is 7.78. The molecule has 1 saturated heterocycles. The fourth-order valence-corrected chi connectivity index (χ4v) is 6.05. The molecule has 0 aromatic heterocycles. The quantitative estimate of drug-likeness (QED) is 0.549. The molecule has 33 heavy (non-hydrogen) atoms. The van der Waals surface area contributed by atoms with E-state index in [2.05, 4.69) is 10.0 Å². The molecule has 0 atom stereocenters. The maximum Gasteiger partial charge on any atom is 0.264 e. The number of amides is 1. The number of rotatable bonds is 8. The van der Waals surface area contributed by atoms with Crippen LogP contribution < -0.4 is 14.9 Å². The Bertz CT molecular complexity index is 1080. The van der Waals surface area contributed by atoms with Crippen LogP contribution in [0.3, 0.4) is 0 Å². The molecule has 178 valence electrons. The van der Waals surface area contributed by atoms with Crippen molar-refractivity contribution in [1.82, 2.24) is 0 Å². The van der Waals surface area contributed by atoms with Crippen LogP contribution in [0, 0.1) is 5.92 Å². The first kappa shape index (κ1) is 23.9. The van der Waals surface area contributed by atoms with Gasteiger partial charge in [-0.3, -0.25) is 9.52 Å². The number of nitrogens with zero attached hydrogens (tertiary/aromatic N) is 1. The molecule has 2 N–H and O–H groups in total. The lowest BCUT2D eigenvalue weighted by Gasteiger charge is -2.30. The van der Waals surface area contributed by atoms with Gasteiger partial charge in [0.25, 0.3) is 10.0 Å². The molecular weight excluding hydrogens is 462 g/mol. The minimum atomic E-state index is -3.97. The number of anilines is 3. The van der Waals surface area contributed by atoms with Gasteiger partial charge in [0.2, 0.25) is 5.91 Å². The second-order valence-corrected chi connectivity index (χ2v) is 10.7. The third-order valence-corrected chi connectivity index (χ3v) is 7.98. The van der Waals surface area contributed by atoms with Crippen molar-refractivity contribution in [2.75, 3.05) is 41.2 Å². The zero-order valence-electron chi connectivity index (χ0n) is 18.6. The van der Waals surface area contributed by atoms with Gasteiger partial charge in [-0.1, -0.05) is 49.4 Å². The van der Waals surface area contributed by atoms with Crippen molar-refractivity contribution in [2.45, 2.75) is 43.4 Å². The summed E-state index contributed by atoms with van der Waals surface area (Å²) in [7, 11) is -3.97.